The largest absolute Gasteiger partial charge is 0.478 e. The number of aliphatic carboxylic acids is 1. The van der Waals surface area contributed by atoms with Gasteiger partial charge in [-0.25, -0.2) is 9.59 Å². The number of rotatable bonds is 5. The van der Waals surface area contributed by atoms with Crippen molar-refractivity contribution in [2.75, 3.05) is 6.54 Å². The second-order valence-electron chi connectivity index (χ2n) is 3.89. The fraction of sp³-hybridized carbons (Fsp3) is 0.545. The zero-order valence-corrected chi connectivity index (χ0v) is 9.68. The second-order valence-corrected chi connectivity index (χ2v) is 3.89. The Kier molecular flexibility index (Phi) is 4.68. The minimum atomic E-state index is -1.22. The zero-order valence-electron chi connectivity index (χ0n) is 9.68. The van der Waals surface area contributed by atoms with E-state index in [1.165, 1.54) is 0 Å². The summed E-state index contributed by atoms with van der Waals surface area (Å²) in [5.74, 6) is -1.93. The number of amides is 3. The quantitative estimate of drug-likeness (QED) is 0.694. The van der Waals surface area contributed by atoms with Crippen molar-refractivity contribution < 1.29 is 19.5 Å². The molecule has 17 heavy (non-hydrogen) atoms. The molecule has 0 aliphatic heterocycles. The number of imide groups is 1. The average Bonchev–Trinajstić information content (AvgIpc) is 3.06. The molecular formula is C11H16N2O4. The number of urea groups is 1. The van der Waals surface area contributed by atoms with Gasteiger partial charge >= 0.3 is 12.0 Å². The predicted octanol–water partition coefficient (Wildman–Crippen LogP) is 0.738. The van der Waals surface area contributed by atoms with Gasteiger partial charge in [0.25, 0.3) is 5.91 Å². The van der Waals surface area contributed by atoms with Crippen molar-refractivity contribution in [2.24, 2.45) is 0 Å². The Bertz CT molecular complexity index is 347. The Balaban J connectivity index is 2.45. The second kappa shape index (κ2) is 6.03. The number of nitrogens with one attached hydrogen (secondary N) is 1. The molecular weight excluding hydrogens is 224 g/mol. The van der Waals surface area contributed by atoms with E-state index in [1.54, 1.807) is 4.90 Å². The van der Waals surface area contributed by atoms with Crippen molar-refractivity contribution in [3.05, 3.63) is 12.2 Å². The Morgan fingerprint density at radius 3 is 2.47 bits per heavy atom. The maximum Gasteiger partial charge on any atom is 0.328 e. The van der Waals surface area contributed by atoms with Crippen LogP contribution < -0.4 is 5.32 Å². The van der Waals surface area contributed by atoms with Crippen LogP contribution in [0.25, 0.3) is 0 Å². The minimum Gasteiger partial charge on any atom is -0.478 e. The van der Waals surface area contributed by atoms with E-state index in [4.69, 9.17) is 5.11 Å². The summed E-state index contributed by atoms with van der Waals surface area (Å²) in [6.07, 6.45) is 4.28. The SMILES string of the molecule is CCCN(C(=O)NC(=O)/C=C/C(=O)O)C1CC1. The lowest BCUT2D eigenvalue weighted by Gasteiger charge is -2.21. The first kappa shape index (κ1) is 13.2. The molecule has 1 fully saturated rings. The summed E-state index contributed by atoms with van der Waals surface area (Å²) in [6.45, 7) is 2.56. The summed E-state index contributed by atoms with van der Waals surface area (Å²) in [5.41, 5.74) is 0. The lowest BCUT2D eigenvalue weighted by molar-refractivity contribution is -0.131. The molecule has 1 aliphatic carbocycles. The Hall–Kier alpha value is -1.85. The van der Waals surface area contributed by atoms with Crippen molar-refractivity contribution in [3.8, 4) is 0 Å². The number of carboxylic acids is 1. The smallest absolute Gasteiger partial charge is 0.328 e. The third-order valence-electron chi connectivity index (χ3n) is 2.32. The molecule has 6 nitrogen and oxygen atoms in total. The molecule has 2 N–H and O–H groups in total. The molecule has 0 heterocycles. The van der Waals surface area contributed by atoms with Crippen LogP contribution in [0.2, 0.25) is 0 Å². The molecule has 94 valence electrons. The molecule has 1 saturated carbocycles. The van der Waals surface area contributed by atoms with Crippen molar-refractivity contribution in [2.45, 2.75) is 32.2 Å². The number of carbonyl (C=O) groups is 3. The van der Waals surface area contributed by atoms with Gasteiger partial charge in [0.05, 0.1) is 0 Å². The van der Waals surface area contributed by atoms with Crippen LogP contribution in [0.1, 0.15) is 26.2 Å². The number of hydrogen-bond acceptors (Lipinski definition) is 3. The van der Waals surface area contributed by atoms with Gasteiger partial charge in [0.2, 0.25) is 0 Å². The molecule has 0 saturated heterocycles. The van der Waals surface area contributed by atoms with E-state index in [1.807, 2.05) is 6.92 Å². The molecule has 0 aromatic heterocycles. The molecule has 0 bridgehead atoms. The highest BCUT2D eigenvalue weighted by molar-refractivity contribution is 6.02. The van der Waals surface area contributed by atoms with Gasteiger partial charge in [0.15, 0.2) is 0 Å². The van der Waals surface area contributed by atoms with E-state index in [2.05, 4.69) is 5.32 Å². The van der Waals surface area contributed by atoms with Gasteiger partial charge in [-0.3, -0.25) is 10.1 Å². The van der Waals surface area contributed by atoms with Crippen LogP contribution in [0.3, 0.4) is 0 Å². The van der Waals surface area contributed by atoms with Crippen LogP contribution in [0.4, 0.5) is 4.79 Å². The van der Waals surface area contributed by atoms with Gasteiger partial charge in [-0.1, -0.05) is 6.92 Å². The number of nitrogens with zero attached hydrogens (tertiary/aromatic N) is 1. The molecule has 1 rings (SSSR count). The van der Waals surface area contributed by atoms with Crippen LogP contribution in [-0.4, -0.2) is 40.5 Å². The third kappa shape index (κ3) is 4.67. The molecule has 0 atom stereocenters. The fourth-order valence-electron chi connectivity index (χ4n) is 1.44. The Morgan fingerprint density at radius 1 is 1.35 bits per heavy atom. The highest BCUT2D eigenvalue weighted by atomic mass is 16.4. The standard InChI is InChI=1S/C11H16N2O4/c1-2-7-13(8-3-4-8)11(17)12-9(14)5-6-10(15)16/h5-6,8H,2-4,7H2,1H3,(H,15,16)(H,12,14,17)/b6-5+. The van der Waals surface area contributed by atoms with Gasteiger partial charge in [0, 0.05) is 24.7 Å². The van der Waals surface area contributed by atoms with Crippen LogP contribution in [-0.2, 0) is 9.59 Å². The molecule has 0 unspecified atom stereocenters. The molecule has 1 aliphatic rings. The summed E-state index contributed by atoms with van der Waals surface area (Å²) in [4.78, 5) is 34.7. The van der Waals surface area contributed by atoms with Gasteiger partial charge in [0.1, 0.15) is 0 Å². The predicted molar refractivity (Wildman–Crippen MR) is 60.3 cm³/mol. The highest BCUT2D eigenvalue weighted by Crippen LogP contribution is 2.26. The van der Waals surface area contributed by atoms with Crippen molar-refractivity contribution in [3.63, 3.8) is 0 Å². The maximum absolute atomic E-state index is 11.7. The lowest BCUT2D eigenvalue weighted by atomic mass is 10.4. The van der Waals surface area contributed by atoms with Crippen LogP contribution in [0.5, 0.6) is 0 Å². The van der Waals surface area contributed by atoms with E-state index in [0.717, 1.165) is 25.3 Å². The molecule has 0 spiro atoms. The van der Waals surface area contributed by atoms with E-state index < -0.39 is 17.9 Å². The summed E-state index contributed by atoms with van der Waals surface area (Å²) >= 11 is 0. The van der Waals surface area contributed by atoms with Crippen molar-refractivity contribution in [1.82, 2.24) is 10.2 Å². The summed E-state index contributed by atoms with van der Waals surface area (Å²) in [5, 5.41) is 10.5. The minimum absolute atomic E-state index is 0.228. The normalized spacial score (nSPS) is 14.6. The van der Waals surface area contributed by atoms with Gasteiger partial charge in [-0.05, 0) is 19.3 Å². The van der Waals surface area contributed by atoms with E-state index >= 15 is 0 Å². The lowest BCUT2D eigenvalue weighted by Crippen LogP contribution is -2.43. The van der Waals surface area contributed by atoms with Crippen molar-refractivity contribution >= 4 is 17.9 Å². The molecule has 0 aromatic carbocycles. The molecule has 6 heteroatoms. The number of hydrogen-bond donors (Lipinski definition) is 2. The van der Waals surface area contributed by atoms with Gasteiger partial charge in [-0.15, -0.1) is 0 Å². The van der Waals surface area contributed by atoms with E-state index in [9.17, 15) is 14.4 Å². The monoisotopic (exact) mass is 240 g/mol. The molecule has 0 radical (unpaired) electrons. The maximum atomic E-state index is 11.7. The van der Waals surface area contributed by atoms with E-state index in [0.29, 0.717) is 12.6 Å². The molecule has 0 aromatic rings. The van der Waals surface area contributed by atoms with Crippen LogP contribution in [0, 0.1) is 0 Å². The van der Waals surface area contributed by atoms with Crippen molar-refractivity contribution in [1.29, 1.82) is 0 Å². The third-order valence-corrected chi connectivity index (χ3v) is 2.32. The van der Waals surface area contributed by atoms with Gasteiger partial charge < -0.3 is 10.0 Å². The number of carboxylic acid groups (broad SMARTS) is 1. The first-order valence-electron chi connectivity index (χ1n) is 5.57. The van der Waals surface area contributed by atoms with E-state index in [-0.39, 0.29) is 6.04 Å². The summed E-state index contributed by atoms with van der Waals surface area (Å²) < 4.78 is 0. The fourth-order valence-corrected chi connectivity index (χ4v) is 1.44. The number of carbonyl (C=O) groups excluding carboxylic acids is 2. The topological polar surface area (TPSA) is 86.7 Å². The highest BCUT2D eigenvalue weighted by Gasteiger charge is 2.32. The Labute approximate surface area is 99.3 Å². The average molecular weight is 240 g/mol. The van der Waals surface area contributed by atoms with Crippen LogP contribution >= 0.6 is 0 Å². The Morgan fingerprint density at radius 2 is 2.00 bits per heavy atom. The van der Waals surface area contributed by atoms with Crippen LogP contribution in [0.15, 0.2) is 12.2 Å². The van der Waals surface area contributed by atoms with Gasteiger partial charge in [-0.2, -0.15) is 0 Å². The first-order chi connectivity index (χ1) is 8.04. The zero-order chi connectivity index (χ0) is 12.8. The summed E-state index contributed by atoms with van der Waals surface area (Å²) in [6, 6.07) is -0.222. The first-order valence-corrected chi connectivity index (χ1v) is 5.57. The molecule has 3 amide bonds. The summed E-state index contributed by atoms with van der Waals surface area (Å²) in [7, 11) is 0.